The molecular weight excluding hydrogens is 264 g/mol. The second-order valence-electron chi connectivity index (χ2n) is 6.01. The van der Waals surface area contributed by atoms with Crippen LogP contribution in [0.25, 0.3) is 0 Å². The van der Waals surface area contributed by atoms with Gasteiger partial charge in [-0.1, -0.05) is 37.3 Å². The highest BCUT2D eigenvalue weighted by Gasteiger charge is 2.33. The highest BCUT2D eigenvalue weighted by Crippen LogP contribution is 2.33. The number of aliphatic hydroxyl groups excluding tert-OH is 1. The topological polar surface area (TPSA) is 43.8 Å². The summed E-state index contributed by atoms with van der Waals surface area (Å²) in [6.07, 6.45) is 1.78. The van der Waals surface area contributed by atoms with E-state index in [1.807, 2.05) is 49.2 Å². The molecule has 1 amide bonds. The molecule has 116 valence electrons. The molecule has 1 aromatic carbocycles. The number of nitrogens with zero attached hydrogens (tertiary/aromatic N) is 2. The van der Waals surface area contributed by atoms with Crippen LogP contribution in [0.1, 0.15) is 31.4 Å². The lowest BCUT2D eigenvalue weighted by Crippen LogP contribution is -2.43. The van der Waals surface area contributed by atoms with E-state index in [-0.39, 0.29) is 18.1 Å². The molecule has 0 bridgehead atoms. The lowest BCUT2D eigenvalue weighted by Gasteiger charge is -2.31. The average molecular weight is 290 g/mol. The Morgan fingerprint density at radius 1 is 1.29 bits per heavy atom. The van der Waals surface area contributed by atoms with E-state index in [1.54, 1.807) is 11.9 Å². The van der Waals surface area contributed by atoms with Crippen molar-refractivity contribution in [2.75, 3.05) is 27.2 Å². The molecule has 0 spiro atoms. The number of rotatable bonds is 7. The largest absolute Gasteiger partial charge is 0.391 e. The molecule has 1 fully saturated rings. The molecule has 2 unspecified atom stereocenters. The summed E-state index contributed by atoms with van der Waals surface area (Å²) in [5.74, 6) is 0.435. The van der Waals surface area contributed by atoms with E-state index >= 15 is 0 Å². The molecule has 1 aromatic rings. The molecule has 1 aliphatic rings. The van der Waals surface area contributed by atoms with Gasteiger partial charge in [0, 0.05) is 13.6 Å². The van der Waals surface area contributed by atoms with Crippen LogP contribution in [-0.4, -0.2) is 54.1 Å². The highest BCUT2D eigenvalue weighted by atomic mass is 16.3. The first kappa shape index (κ1) is 16.0. The Kier molecular flexibility index (Phi) is 5.37. The molecule has 0 heterocycles. The standard InChI is InChI=1S/C17H26N2O2/c1-4-18(2)16(14-8-6-5-7-9-14)17(21)19(3)12-15(20)13-10-11-13/h5-9,13,15-16,20H,4,10-12H2,1-3H3. The maximum atomic E-state index is 12.8. The van der Waals surface area contributed by atoms with E-state index in [2.05, 4.69) is 0 Å². The SMILES string of the molecule is CCN(C)C(C(=O)N(C)CC(O)C1CC1)c1ccccc1. The minimum Gasteiger partial charge on any atom is -0.391 e. The third kappa shape index (κ3) is 4.05. The number of carbonyl (C=O) groups excluding carboxylic acids is 1. The van der Waals surface area contributed by atoms with Gasteiger partial charge in [-0.25, -0.2) is 0 Å². The lowest BCUT2D eigenvalue weighted by atomic mass is 10.0. The smallest absolute Gasteiger partial charge is 0.244 e. The summed E-state index contributed by atoms with van der Waals surface area (Å²) in [5, 5.41) is 10.0. The van der Waals surface area contributed by atoms with Gasteiger partial charge in [0.15, 0.2) is 0 Å². The van der Waals surface area contributed by atoms with Gasteiger partial charge in [-0.15, -0.1) is 0 Å². The van der Waals surface area contributed by atoms with Crippen molar-refractivity contribution >= 4 is 5.91 Å². The van der Waals surface area contributed by atoms with Gasteiger partial charge in [-0.05, 0) is 37.9 Å². The molecule has 0 saturated heterocycles. The summed E-state index contributed by atoms with van der Waals surface area (Å²) < 4.78 is 0. The Labute approximate surface area is 127 Å². The fourth-order valence-corrected chi connectivity index (χ4v) is 2.61. The first-order valence-corrected chi connectivity index (χ1v) is 7.72. The van der Waals surface area contributed by atoms with E-state index in [4.69, 9.17) is 0 Å². The van der Waals surface area contributed by atoms with Crippen molar-refractivity contribution in [2.24, 2.45) is 5.92 Å². The number of hydrogen-bond donors (Lipinski definition) is 1. The van der Waals surface area contributed by atoms with Crippen LogP contribution in [0.15, 0.2) is 30.3 Å². The average Bonchev–Trinajstić information content (AvgIpc) is 3.32. The van der Waals surface area contributed by atoms with Gasteiger partial charge in [-0.2, -0.15) is 0 Å². The number of carbonyl (C=O) groups is 1. The molecule has 1 saturated carbocycles. The van der Waals surface area contributed by atoms with Crippen LogP contribution in [-0.2, 0) is 4.79 Å². The second-order valence-corrected chi connectivity index (χ2v) is 6.01. The molecule has 4 heteroatoms. The molecule has 1 aliphatic carbocycles. The van der Waals surface area contributed by atoms with Gasteiger partial charge >= 0.3 is 0 Å². The third-order valence-corrected chi connectivity index (χ3v) is 4.29. The van der Waals surface area contributed by atoms with Crippen molar-refractivity contribution in [2.45, 2.75) is 31.9 Å². The lowest BCUT2D eigenvalue weighted by molar-refractivity contribution is -0.136. The molecule has 2 atom stereocenters. The molecule has 21 heavy (non-hydrogen) atoms. The predicted octanol–water partition coefficient (Wildman–Crippen LogP) is 1.91. The van der Waals surface area contributed by atoms with Gasteiger partial charge in [0.25, 0.3) is 0 Å². The molecular formula is C17H26N2O2. The van der Waals surface area contributed by atoms with Crippen molar-refractivity contribution in [3.63, 3.8) is 0 Å². The Bertz CT molecular complexity index is 459. The summed E-state index contributed by atoms with van der Waals surface area (Å²) in [6.45, 7) is 3.26. The molecule has 0 radical (unpaired) electrons. The van der Waals surface area contributed by atoms with Crippen molar-refractivity contribution in [3.8, 4) is 0 Å². The van der Waals surface area contributed by atoms with Crippen molar-refractivity contribution < 1.29 is 9.90 Å². The Morgan fingerprint density at radius 2 is 1.90 bits per heavy atom. The summed E-state index contributed by atoms with van der Waals surface area (Å²) in [7, 11) is 3.74. The van der Waals surface area contributed by atoms with Crippen LogP contribution < -0.4 is 0 Å². The zero-order valence-corrected chi connectivity index (χ0v) is 13.2. The maximum Gasteiger partial charge on any atom is 0.244 e. The van der Waals surface area contributed by atoms with E-state index in [0.717, 1.165) is 24.9 Å². The fraction of sp³-hybridized carbons (Fsp3) is 0.588. The molecule has 2 rings (SSSR count). The van der Waals surface area contributed by atoms with Crippen molar-refractivity contribution in [1.29, 1.82) is 0 Å². The van der Waals surface area contributed by atoms with Crippen LogP contribution in [0, 0.1) is 5.92 Å². The predicted molar refractivity (Wildman–Crippen MR) is 83.9 cm³/mol. The third-order valence-electron chi connectivity index (χ3n) is 4.29. The van der Waals surface area contributed by atoms with E-state index in [0.29, 0.717) is 12.5 Å². The van der Waals surface area contributed by atoms with Crippen molar-refractivity contribution in [3.05, 3.63) is 35.9 Å². The Hall–Kier alpha value is -1.39. The second kappa shape index (κ2) is 7.05. The molecule has 4 nitrogen and oxygen atoms in total. The van der Waals surface area contributed by atoms with Crippen LogP contribution in [0.3, 0.4) is 0 Å². The van der Waals surface area contributed by atoms with Crippen LogP contribution >= 0.6 is 0 Å². The van der Waals surface area contributed by atoms with Gasteiger partial charge in [0.2, 0.25) is 5.91 Å². The highest BCUT2D eigenvalue weighted by molar-refractivity contribution is 5.83. The number of likely N-dealkylation sites (N-methyl/N-ethyl adjacent to an activating group) is 2. The van der Waals surface area contributed by atoms with E-state index < -0.39 is 0 Å². The van der Waals surface area contributed by atoms with E-state index in [9.17, 15) is 9.90 Å². The zero-order valence-electron chi connectivity index (χ0n) is 13.2. The summed E-state index contributed by atoms with van der Waals surface area (Å²) in [6, 6.07) is 9.56. The van der Waals surface area contributed by atoms with Gasteiger partial charge < -0.3 is 10.0 Å². The first-order chi connectivity index (χ1) is 10.0. The van der Waals surface area contributed by atoms with Crippen LogP contribution in [0.4, 0.5) is 0 Å². The number of amides is 1. The monoisotopic (exact) mass is 290 g/mol. The van der Waals surface area contributed by atoms with Gasteiger partial charge in [0.05, 0.1) is 6.10 Å². The molecule has 0 aliphatic heterocycles. The number of hydrogen-bond acceptors (Lipinski definition) is 3. The normalized spacial score (nSPS) is 17.6. The fourth-order valence-electron chi connectivity index (χ4n) is 2.61. The number of benzene rings is 1. The summed E-state index contributed by atoms with van der Waals surface area (Å²) in [5.41, 5.74) is 1.000. The first-order valence-electron chi connectivity index (χ1n) is 7.72. The zero-order chi connectivity index (χ0) is 15.4. The quantitative estimate of drug-likeness (QED) is 0.834. The van der Waals surface area contributed by atoms with Crippen LogP contribution in [0.5, 0.6) is 0 Å². The van der Waals surface area contributed by atoms with E-state index in [1.165, 1.54) is 0 Å². The Morgan fingerprint density at radius 3 is 2.43 bits per heavy atom. The maximum absolute atomic E-state index is 12.8. The van der Waals surface area contributed by atoms with Crippen molar-refractivity contribution in [1.82, 2.24) is 9.80 Å². The van der Waals surface area contributed by atoms with Crippen LogP contribution in [0.2, 0.25) is 0 Å². The minimum absolute atomic E-state index is 0.0465. The summed E-state index contributed by atoms with van der Waals surface area (Å²) in [4.78, 5) is 16.5. The molecule has 0 aromatic heterocycles. The van der Waals surface area contributed by atoms with Gasteiger partial charge in [0.1, 0.15) is 6.04 Å². The summed E-state index contributed by atoms with van der Waals surface area (Å²) >= 11 is 0. The molecule has 1 N–H and O–H groups in total. The number of aliphatic hydroxyl groups is 1. The minimum atomic E-state index is -0.387. The van der Waals surface area contributed by atoms with Gasteiger partial charge in [-0.3, -0.25) is 9.69 Å². The Balaban J connectivity index is 2.10.